The van der Waals surface area contributed by atoms with Crippen molar-refractivity contribution in [3.8, 4) is 11.6 Å². The second kappa shape index (κ2) is 10.5. The maximum absolute atomic E-state index is 12.9. The maximum atomic E-state index is 12.9. The minimum Gasteiger partial charge on any atom is -0.488 e. The van der Waals surface area contributed by atoms with Crippen LogP contribution >= 0.6 is 0 Å². The van der Waals surface area contributed by atoms with E-state index >= 15 is 0 Å². The maximum Gasteiger partial charge on any atom is 0.329 e. The van der Waals surface area contributed by atoms with Crippen molar-refractivity contribution in [1.82, 2.24) is 10.3 Å². The number of carbonyl (C=O) groups excluding carboxylic acids is 1. The van der Waals surface area contributed by atoms with Crippen molar-refractivity contribution in [3.63, 3.8) is 0 Å². The van der Waals surface area contributed by atoms with Gasteiger partial charge in [0.05, 0.1) is 19.3 Å². The average molecular weight is 441 g/mol. The zero-order valence-electron chi connectivity index (χ0n) is 19.0. The molecule has 3 rings (SSSR count). The summed E-state index contributed by atoms with van der Waals surface area (Å²) in [6.07, 6.45) is 5.53. The van der Waals surface area contributed by atoms with Crippen molar-refractivity contribution in [1.29, 1.82) is 0 Å². The van der Waals surface area contributed by atoms with Gasteiger partial charge in [0.2, 0.25) is 0 Å². The SMILES string of the molecule is CC[C@H]1CC[C@](NC(=O)c2cnc(OC)c(OCCc3cccc(C)c3)c2)(C(=O)O)CC1. The number of hydrogen-bond donors (Lipinski definition) is 2. The number of rotatable bonds is 9. The second-order valence-corrected chi connectivity index (χ2v) is 8.51. The Bertz CT molecular complexity index is 951. The summed E-state index contributed by atoms with van der Waals surface area (Å²) < 4.78 is 11.1. The fraction of sp³-hybridized carbons (Fsp3) is 0.480. The van der Waals surface area contributed by atoms with Gasteiger partial charge in [-0.3, -0.25) is 4.79 Å². The normalized spacial score (nSPS) is 20.4. The van der Waals surface area contributed by atoms with Crippen LogP contribution in [0, 0.1) is 12.8 Å². The predicted molar refractivity (Wildman–Crippen MR) is 121 cm³/mol. The number of nitrogens with one attached hydrogen (secondary N) is 1. The molecule has 1 fully saturated rings. The lowest BCUT2D eigenvalue weighted by molar-refractivity contribution is -0.146. The zero-order valence-corrected chi connectivity index (χ0v) is 19.0. The van der Waals surface area contributed by atoms with Gasteiger partial charge in [0.15, 0.2) is 5.75 Å². The van der Waals surface area contributed by atoms with Crippen LogP contribution in [0.15, 0.2) is 36.5 Å². The molecule has 7 heteroatoms. The minimum absolute atomic E-state index is 0.245. The summed E-state index contributed by atoms with van der Waals surface area (Å²) in [5, 5.41) is 12.6. The Morgan fingerprint density at radius 1 is 1.25 bits per heavy atom. The van der Waals surface area contributed by atoms with Gasteiger partial charge < -0.3 is 19.9 Å². The topological polar surface area (TPSA) is 97.8 Å². The summed E-state index contributed by atoms with van der Waals surface area (Å²) in [5.74, 6) is -0.318. The van der Waals surface area contributed by atoms with E-state index in [1.165, 1.54) is 18.9 Å². The highest BCUT2D eigenvalue weighted by Crippen LogP contribution is 2.34. The quantitative estimate of drug-likeness (QED) is 0.607. The molecule has 1 aromatic heterocycles. The number of aromatic nitrogens is 1. The van der Waals surface area contributed by atoms with E-state index in [-0.39, 0.29) is 11.4 Å². The summed E-state index contributed by atoms with van der Waals surface area (Å²) in [6.45, 7) is 4.54. The van der Waals surface area contributed by atoms with E-state index in [4.69, 9.17) is 9.47 Å². The molecule has 1 aliphatic carbocycles. The molecule has 1 amide bonds. The smallest absolute Gasteiger partial charge is 0.329 e. The number of carboxylic acid groups (broad SMARTS) is 1. The van der Waals surface area contributed by atoms with E-state index in [1.54, 1.807) is 6.07 Å². The van der Waals surface area contributed by atoms with Crippen LogP contribution in [0.2, 0.25) is 0 Å². The minimum atomic E-state index is -1.24. The molecule has 0 aliphatic heterocycles. The third-order valence-corrected chi connectivity index (χ3v) is 6.30. The van der Waals surface area contributed by atoms with E-state index in [1.807, 2.05) is 25.1 Å². The van der Waals surface area contributed by atoms with E-state index in [0.29, 0.717) is 37.5 Å². The highest BCUT2D eigenvalue weighted by molar-refractivity contribution is 5.98. The Morgan fingerprint density at radius 2 is 2.00 bits per heavy atom. The lowest BCUT2D eigenvalue weighted by atomic mass is 9.75. The van der Waals surface area contributed by atoms with E-state index < -0.39 is 17.4 Å². The monoisotopic (exact) mass is 440 g/mol. The second-order valence-electron chi connectivity index (χ2n) is 8.51. The Balaban J connectivity index is 1.70. The Hall–Kier alpha value is -3.09. The van der Waals surface area contributed by atoms with Crippen LogP contribution in [0.25, 0.3) is 0 Å². The molecule has 172 valence electrons. The van der Waals surface area contributed by atoms with E-state index in [0.717, 1.165) is 24.8 Å². The van der Waals surface area contributed by atoms with Gasteiger partial charge in [-0.1, -0.05) is 43.2 Å². The number of amides is 1. The molecule has 0 radical (unpaired) electrons. The first-order valence-corrected chi connectivity index (χ1v) is 11.1. The fourth-order valence-electron chi connectivity index (χ4n) is 4.22. The molecule has 2 N–H and O–H groups in total. The van der Waals surface area contributed by atoms with Gasteiger partial charge in [-0.05, 0) is 44.1 Å². The summed E-state index contributed by atoms with van der Waals surface area (Å²) in [7, 11) is 1.49. The molecule has 32 heavy (non-hydrogen) atoms. The van der Waals surface area contributed by atoms with Gasteiger partial charge in [0.25, 0.3) is 11.8 Å². The van der Waals surface area contributed by atoms with Crippen molar-refractivity contribution in [2.75, 3.05) is 13.7 Å². The predicted octanol–water partition coefficient (Wildman–Crippen LogP) is 4.17. The van der Waals surface area contributed by atoms with Crippen LogP contribution in [-0.4, -0.2) is 41.2 Å². The van der Waals surface area contributed by atoms with E-state index in [2.05, 4.69) is 23.3 Å². The number of pyridine rings is 1. The molecule has 0 unspecified atom stereocenters. The molecule has 1 aromatic carbocycles. The van der Waals surface area contributed by atoms with Crippen LogP contribution in [0.5, 0.6) is 11.6 Å². The highest BCUT2D eigenvalue weighted by atomic mass is 16.5. The number of carbonyl (C=O) groups is 2. The number of nitrogens with zero attached hydrogens (tertiary/aromatic N) is 1. The molecular weight excluding hydrogens is 408 g/mol. The van der Waals surface area contributed by atoms with Gasteiger partial charge in [0.1, 0.15) is 5.54 Å². The van der Waals surface area contributed by atoms with Gasteiger partial charge in [-0.15, -0.1) is 0 Å². The Labute approximate surface area is 189 Å². The van der Waals surface area contributed by atoms with Crippen LogP contribution < -0.4 is 14.8 Å². The van der Waals surface area contributed by atoms with Crippen molar-refractivity contribution < 1.29 is 24.2 Å². The number of methoxy groups -OCH3 is 1. The molecule has 0 atom stereocenters. The van der Waals surface area contributed by atoms with Crippen molar-refractivity contribution in [3.05, 3.63) is 53.2 Å². The number of carboxylic acids is 1. The highest BCUT2D eigenvalue weighted by Gasteiger charge is 2.43. The zero-order chi connectivity index (χ0) is 23.1. The number of aliphatic carboxylic acids is 1. The Morgan fingerprint density at radius 3 is 2.62 bits per heavy atom. The largest absolute Gasteiger partial charge is 0.488 e. The van der Waals surface area contributed by atoms with Crippen LogP contribution in [-0.2, 0) is 11.2 Å². The van der Waals surface area contributed by atoms with Crippen molar-refractivity contribution in [2.45, 2.75) is 57.9 Å². The lowest BCUT2D eigenvalue weighted by Crippen LogP contribution is -2.56. The fourth-order valence-corrected chi connectivity index (χ4v) is 4.22. The number of aryl methyl sites for hydroxylation is 1. The number of hydrogen-bond acceptors (Lipinski definition) is 5. The summed E-state index contributed by atoms with van der Waals surface area (Å²) in [6, 6.07) is 9.74. The average Bonchev–Trinajstić information content (AvgIpc) is 2.79. The first-order chi connectivity index (χ1) is 15.4. The van der Waals surface area contributed by atoms with Gasteiger partial charge >= 0.3 is 5.97 Å². The van der Waals surface area contributed by atoms with Crippen molar-refractivity contribution >= 4 is 11.9 Å². The van der Waals surface area contributed by atoms with Crippen LogP contribution in [0.4, 0.5) is 0 Å². The first-order valence-electron chi connectivity index (χ1n) is 11.1. The van der Waals surface area contributed by atoms with Crippen LogP contribution in [0.1, 0.15) is 60.5 Å². The summed E-state index contributed by atoms with van der Waals surface area (Å²) in [4.78, 5) is 29.2. The van der Waals surface area contributed by atoms with E-state index in [9.17, 15) is 14.7 Å². The molecule has 0 bridgehead atoms. The molecule has 0 spiro atoms. The third-order valence-electron chi connectivity index (χ3n) is 6.30. The molecule has 0 saturated heterocycles. The summed E-state index contributed by atoms with van der Waals surface area (Å²) in [5.41, 5.74) is 1.33. The molecule has 1 aliphatic rings. The molecule has 2 aromatic rings. The summed E-state index contributed by atoms with van der Waals surface area (Å²) >= 11 is 0. The number of benzene rings is 1. The van der Waals surface area contributed by atoms with Crippen molar-refractivity contribution in [2.24, 2.45) is 5.92 Å². The molecule has 1 saturated carbocycles. The standard InChI is InChI=1S/C25H32N2O5/c1-4-18-8-11-25(12-9-18,24(29)30)27-22(28)20-15-21(23(31-3)26-16-20)32-13-10-19-7-5-6-17(2)14-19/h5-7,14-16,18H,4,8-13H2,1-3H3,(H,27,28)(H,29,30)/t18-,25+. The molecular formula is C25H32N2O5. The van der Waals surface area contributed by atoms with Crippen LogP contribution in [0.3, 0.4) is 0 Å². The molecule has 1 heterocycles. The van der Waals surface area contributed by atoms with Gasteiger partial charge in [0, 0.05) is 18.7 Å². The van der Waals surface area contributed by atoms with Gasteiger partial charge in [-0.2, -0.15) is 0 Å². The first kappa shape index (κ1) is 23.6. The lowest BCUT2D eigenvalue weighted by Gasteiger charge is -2.37. The third kappa shape index (κ3) is 5.58. The number of ether oxygens (including phenoxy) is 2. The van der Waals surface area contributed by atoms with Gasteiger partial charge in [-0.25, -0.2) is 9.78 Å². The molecule has 7 nitrogen and oxygen atoms in total. The Kier molecular flexibility index (Phi) is 7.72.